The molecule has 2 rings (SSSR count). The van der Waals surface area contributed by atoms with Crippen LogP contribution in [-0.2, 0) is 4.79 Å². The second-order valence-electron chi connectivity index (χ2n) is 5.66. The Balaban J connectivity index is 2.21. The minimum atomic E-state index is -1.05. The minimum Gasteiger partial charge on any atom is -0.497 e. The van der Waals surface area contributed by atoms with Crippen molar-refractivity contribution in [3.05, 3.63) is 30.0 Å². The summed E-state index contributed by atoms with van der Waals surface area (Å²) >= 11 is 0. The lowest BCUT2D eigenvalue weighted by molar-refractivity contribution is -0.137. The van der Waals surface area contributed by atoms with Gasteiger partial charge in [0.25, 0.3) is 5.91 Å². The van der Waals surface area contributed by atoms with Crippen LogP contribution in [0.15, 0.2) is 28.7 Å². The summed E-state index contributed by atoms with van der Waals surface area (Å²) in [5.41, 5.74) is 0.529. The maximum Gasteiger partial charge on any atom is 0.323 e. The van der Waals surface area contributed by atoms with E-state index in [4.69, 9.17) is 14.3 Å². The number of methoxy groups -OCH3 is 1. The summed E-state index contributed by atoms with van der Waals surface area (Å²) in [5, 5.41) is 9.88. The molecule has 0 saturated carbocycles. The maximum absolute atomic E-state index is 12.7. The number of furan rings is 1. The molecule has 7 heteroatoms. The summed E-state index contributed by atoms with van der Waals surface area (Å²) in [5.74, 6) is -0.718. The fraction of sp³-hybridized carbons (Fsp3) is 0.444. The number of likely N-dealkylation sites (N-methyl/N-ethyl adjacent to an activating group) is 1. The van der Waals surface area contributed by atoms with Crippen molar-refractivity contribution in [2.24, 2.45) is 0 Å². The van der Waals surface area contributed by atoms with Gasteiger partial charge < -0.3 is 24.1 Å². The number of nitrogens with zero attached hydrogens (tertiary/aromatic N) is 2. The molecule has 0 spiro atoms. The topological polar surface area (TPSA) is 83.2 Å². The van der Waals surface area contributed by atoms with Gasteiger partial charge in [0.2, 0.25) is 0 Å². The molecule has 0 aliphatic heterocycles. The van der Waals surface area contributed by atoms with Crippen LogP contribution in [0.5, 0.6) is 5.75 Å². The largest absolute Gasteiger partial charge is 0.497 e. The molecule has 1 amide bonds. The molecule has 25 heavy (non-hydrogen) atoms. The standard InChI is InChI=1S/C18H24N2O5/c1-4-19(5-2)8-9-20(12-17(21)22)18(23)16-10-13-6-7-14(24-3)11-15(13)25-16/h6-7,10-11H,4-5,8-9,12H2,1-3H3,(H,21,22). The Morgan fingerprint density at radius 1 is 1.16 bits per heavy atom. The molecule has 0 aliphatic rings. The third-order valence-electron chi connectivity index (χ3n) is 4.13. The van der Waals surface area contributed by atoms with Gasteiger partial charge in [0.1, 0.15) is 17.9 Å². The number of carboxylic acid groups (broad SMARTS) is 1. The van der Waals surface area contributed by atoms with Crippen molar-refractivity contribution in [2.45, 2.75) is 13.8 Å². The van der Waals surface area contributed by atoms with Gasteiger partial charge in [0.05, 0.1) is 7.11 Å². The van der Waals surface area contributed by atoms with E-state index in [9.17, 15) is 9.59 Å². The van der Waals surface area contributed by atoms with E-state index >= 15 is 0 Å². The molecule has 2 aromatic rings. The van der Waals surface area contributed by atoms with Crippen molar-refractivity contribution in [1.29, 1.82) is 0 Å². The van der Waals surface area contributed by atoms with E-state index in [2.05, 4.69) is 4.90 Å². The summed E-state index contributed by atoms with van der Waals surface area (Å²) in [6.45, 7) is 6.32. The SMILES string of the molecule is CCN(CC)CCN(CC(=O)O)C(=O)c1cc2ccc(OC)cc2o1. The highest BCUT2D eigenvalue weighted by Gasteiger charge is 2.22. The van der Waals surface area contributed by atoms with Gasteiger partial charge in [-0.05, 0) is 31.3 Å². The fourth-order valence-corrected chi connectivity index (χ4v) is 2.62. The van der Waals surface area contributed by atoms with Crippen LogP contribution < -0.4 is 4.74 Å². The van der Waals surface area contributed by atoms with Crippen LogP contribution in [0, 0.1) is 0 Å². The first kappa shape index (κ1) is 18.8. The normalized spacial score (nSPS) is 11.0. The van der Waals surface area contributed by atoms with Crippen LogP contribution in [0.4, 0.5) is 0 Å². The molecule has 136 valence electrons. The first-order valence-corrected chi connectivity index (χ1v) is 8.29. The second kappa shape index (κ2) is 8.53. The average molecular weight is 348 g/mol. The molecule has 1 N–H and O–H groups in total. The zero-order chi connectivity index (χ0) is 18.4. The van der Waals surface area contributed by atoms with Gasteiger partial charge in [-0.1, -0.05) is 13.8 Å². The van der Waals surface area contributed by atoms with E-state index in [1.165, 1.54) is 4.90 Å². The van der Waals surface area contributed by atoms with Crippen molar-refractivity contribution >= 4 is 22.8 Å². The van der Waals surface area contributed by atoms with Gasteiger partial charge in [-0.3, -0.25) is 9.59 Å². The number of carbonyl (C=O) groups is 2. The summed E-state index contributed by atoms with van der Waals surface area (Å²) in [4.78, 5) is 27.3. The van der Waals surface area contributed by atoms with Crippen LogP contribution in [-0.4, -0.2) is 66.6 Å². The number of rotatable bonds is 9. The minimum absolute atomic E-state index is 0.129. The van der Waals surface area contributed by atoms with Crippen molar-refractivity contribution in [3.8, 4) is 5.75 Å². The number of fused-ring (bicyclic) bond motifs is 1. The molecular formula is C18H24N2O5. The van der Waals surface area contributed by atoms with Gasteiger partial charge >= 0.3 is 5.97 Å². The summed E-state index contributed by atoms with van der Waals surface area (Å²) in [7, 11) is 1.55. The number of benzene rings is 1. The number of aliphatic carboxylic acids is 1. The molecule has 0 fully saturated rings. The van der Waals surface area contributed by atoms with Crippen molar-refractivity contribution in [2.75, 3.05) is 39.8 Å². The molecule has 0 aliphatic carbocycles. The van der Waals surface area contributed by atoms with Crippen LogP contribution in [0.25, 0.3) is 11.0 Å². The summed E-state index contributed by atoms with van der Waals surface area (Å²) < 4.78 is 10.8. The van der Waals surface area contributed by atoms with Crippen molar-refractivity contribution in [1.82, 2.24) is 9.80 Å². The Morgan fingerprint density at radius 3 is 2.48 bits per heavy atom. The number of carboxylic acids is 1. The lowest BCUT2D eigenvalue weighted by Crippen LogP contribution is -2.41. The smallest absolute Gasteiger partial charge is 0.323 e. The zero-order valence-corrected chi connectivity index (χ0v) is 14.8. The first-order chi connectivity index (χ1) is 12.0. The van der Waals surface area contributed by atoms with E-state index in [1.807, 2.05) is 13.8 Å². The van der Waals surface area contributed by atoms with Gasteiger partial charge in [-0.2, -0.15) is 0 Å². The van der Waals surface area contributed by atoms with E-state index in [-0.39, 0.29) is 12.3 Å². The van der Waals surface area contributed by atoms with Crippen molar-refractivity contribution in [3.63, 3.8) is 0 Å². The quantitative estimate of drug-likeness (QED) is 0.749. The van der Waals surface area contributed by atoms with E-state index in [0.717, 1.165) is 18.5 Å². The number of ether oxygens (including phenoxy) is 1. The molecule has 0 unspecified atom stereocenters. The lowest BCUT2D eigenvalue weighted by Gasteiger charge is -2.24. The molecule has 1 heterocycles. The van der Waals surface area contributed by atoms with Gasteiger partial charge in [0, 0.05) is 24.5 Å². The molecule has 0 radical (unpaired) electrons. The molecule has 0 bridgehead atoms. The summed E-state index contributed by atoms with van der Waals surface area (Å²) in [6, 6.07) is 6.90. The number of carbonyl (C=O) groups excluding carboxylic acids is 1. The Bertz CT molecular complexity index is 736. The Hall–Kier alpha value is -2.54. The molecule has 0 atom stereocenters. The van der Waals surface area contributed by atoms with Crippen molar-refractivity contribution < 1.29 is 23.8 Å². The molecular weight excluding hydrogens is 324 g/mol. The number of amides is 1. The van der Waals surface area contributed by atoms with Gasteiger partial charge in [0.15, 0.2) is 5.76 Å². The number of hydrogen-bond acceptors (Lipinski definition) is 5. The number of hydrogen-bond donors (Lipinski definition) is 1. The molecule has 1 aromatic carbocycles. The maximum atomic E-state index is 12.7. The Kier molecular flexibility index (Phi) is 6.41. The van der Waals surface area contributed by atoms with Crippen LogP contribution >= 0.6 is 0 Å². The van der Waals surface area contributed by atoms with Crippen LogP contribution in [0.3, 0.4) is 0 Å². The van der Waals surface area contributed by atoms with Crippen LogP contribution in [0.1, 0.15) is 24.4 Å². The molecule has 7 nitrogen and oxygen atoms in total. The van der Waals surface area contributed by atoms with Crippen LogP contribution in [0.2, 0.25) is 0 Å². The highest BCUT2D eigenvalue weighted by molar-refractivity contribution is 5.97. The lowest BCUT2D eigenvalue weighted by atomic mass is 10.2. The molecule has 1 aromatic heterocycles. The first-order valence-electron chi connectivity index (χ1n) is 8.29. The Morgan fingerprint density at radius 2 is 1.88 bits per heavy atom. The Labute approximate surface area is 146 Å². The monoisotopic (exact) mass is 348 g/mol. The molecule has 0 saturated heterocycles. The second-order valence-corrected chi connectivity index (χ2v) is 5.66. The fourth-order valence-electron chi connectivity index (χ4n) is 2.62. The highest BCUT2D eigenvalue weighted by Crippen LogP contribution is 2.24. The van der Waals surface area contributed by atoms with E-state index < -0.39 is 11.9 Å². The summed E-state index contributed by atoms with van der Waals surface area (Å²) in [6.07, 6.45) is 0. The highest BCUT2D eigenvalue weighted by atomic mass is 16.5. The third-order valence-corrected chi connectivity index (χ3v) is 4.13. The third kappa shape index (κ3) is 4.73. The van der Waals surface area contributed by atoms with E-state index in [1.54, 1.807) is 31.4 Å². The van der Waals surface area contributed by atoms with Gasteiger partial charge in [-0.25, -0.2) is 0 Å². The average Bonchev–Trinajstić information content (AvgIpc) is 3.03. The van der Waals surface area contributed by atoms with Gasteiger partial charge in [-0.15, -0.1) is 0 Å². The predicted octanol–water partition coefficient (Wildman–Crippen LogP) is 2.31. The predicted molar refractivity (Wildman–Crippen MR) is 94.1 cm³/mol. The van der Waals surface area contributed by atoms with E-state index in [0.29, 0.717) is 24.4 Å². The zero-order valence-electron chi connectivity index (χ0n) is 14.8.